The number of piperazine rings is 1. The molecule has 1 aliphatic carbocycles. The highest BCUT2D eigenvalue weighted by Crippen LogP contribution is 2.32. The van der Waals surface area contributed by atoms with E-state index in [1.54, 1.807) is 0 Å². The van der Waals surface area contributed by atoms with Gasteiger partial charge in [0.1, 0.15) is 6.04 Å². The van der Waals surface area contributed by atoms with Gasteiger partial charge in [-0.2, -0.15) is 13.2 Å². The van der Waals surface area contributed by atoms with Crippen molar-refractivity contribution in [3.05, 3.63) is 35.4 Å². The molecule has 7 heteroatoms. The van der Waals surface area contributed by atoms with E-state index >= 15 is 0 Å². The number of halogens is 3. The molecule has 4 nitrogen and oxygen atoms in total. The van der Waals surface area contributed by atoms with Gasteiger partial charge in [-0.15, -0.1) is 0 Å². The minimum atomic E-state index is -4.35. The first kappa shape index (κ1) is 18.2. The average Bonchev–Trinajstić information content (AvgIpc) is 2.61. The lowest BCUT2D eigenvalue weighted by molar-refractivity contribution is -0.184. The van der Waals surface area contributed by atoms with Crippen LogP contribution in [0.4, 0.5) is 13.2 Å². The third-order valence-electron chi connectivity index (χ3n) is 5.13. The van der Waals surface area contributed by atoms with Gasteiger partial charge in [0.2, 0.25) is 5.91 Å². The zero-order valence-electron chi connectivity index (χ0n) is 14.1. The zero-order chi connectivity index (χ0) is 17.9. The second kappa shape index (κ2) is 7.74. The van der Waals surface area contributed by atoms with Gasteiger partial charge in [0.15, 0.2) is 0 Å². The number of hydrogen-bond donors (Lipinski definition) is 2. The molecule has 1 aromatic rings. The van der Waals surface area contributed by atoms with Crippen LogP contribution < -0.4 is 10.6 Å². The Bertz CT molecular complexity index is 599. The fourth-order valence-electron chi connectivity index (χ4n) is 3.79. The van der Waals surface area contributed by atoms with Gasteiger partial charge in [0.25, 0.3) is 0 Å². The van der Waals surface area contributed by atoms with Crippen LogP contribution in [0.2, 0.25) is 0 Å². The van der Waals surface area contributed by atoms with Crippen molar-refractivity contribution in [3.63, 3.8) is 0 Å². The summed E-state index contributed by atoms with van der Waals surface area (Å²) < 4.78 is 40.3. The molecule has 0 radical (unpaired) electrons. The number of alkyl halides is 3. The maximum Gasteiger partial charge on any atom is 0.405 e. The number of benzene rings is 1. The van der Waals surface area contributed by atoms with E-state index in [9.17, 15) is 18.0 Å². The monoisotopic (exact) mass is 355 g/mol. The Morgan fingerprint density at radius 1 is 1.28 bits per heavy atom. The number of aryl methyl sites for hydroxylation is 1. The number of amides is 1. The van der Waals surface area contributed by atoms with E-state index in [1.165, 1.54) is 4.90 Å². The Morgan fingerprint density at radius 3 is 2.72 bits per heavy atom. The second-order valence-electron chi connectivity index (χ2n) is 6.73. The highest BCUT2D eigenvalue weighted by molar-refractivity contribution is 5.84. The maximum absolute atomic E-state index is 13.4. The molecule has 0 spiro atoms. The van der Waals surface area contributed by atoms with Gasteiger partial charge < -0.3 is 10.6 Å². The summed E-state index contributed by atoms with van der Waals surface area (Å²) in [7, 11) is 0. The van der Waals surface area contributed by atoms with E-state index in [4.69, 9.17) is 0 Å². The SMILES string of the molecule is O=C(NCC(N1CCNCC1)C(F)(F)F)C1CCCc2ccccc21. The summed E-state index contributed by atoms with van der Waals surface area (Å²) in [6.45, 7) is 1.37. The van der Waals surface area contributed by atoms with Crippen molar-refractivity contribution in [2.75, 3.05) is 32.7 Å². The van der Waals surface area contributed by atoms with Crippen LogP contribution in [0.1, 0.15) is 29.9 Å². The van der Waals surface area contributed by atoms with Crippen LogP contribution >= 0.6 is 0 Å². The quantitative estimate of drug-likeness (QED) is 0.869. The number of carbonyl (C=O) groups is 1. The smallest absolute Gasteiger partial charge is 0.354 e. The Labute approximate surface area is 145 Å². The lowest BCUT2D eigenvalue weighted by Crippen LogP contribution is -2.57. The Balaban J connectivity index is 1.66. The van der Waals surface area contributed by atoms with Crippen LogP contribution in [0, 0.1) is 0 Å². The molecule has 2 unspecified atom stereocenters. The van der Waals surface area contributed by atoms with Crippen molar-refractivity contribution >= 4 is 5.91 Å². The topological polar surface area (TPSA) is 44.4 Å². The van der Waals surface area contributed by atoms with E-state index in [0.29, 0.717) is 32.6 Å². The molecule has 2 N–H and O–H groups in total. The number of rotatable bonds is 4. The highest BCUT2D eigenvalue weighted by atomic mass is 19.4. The molecule has 2 atom stereocenters. The van der Waals surface area contributed by atoms with Crippen molar-refractivity contribution in [1.82, 2.24) is 15.5 Å². The first-order valence-corrected chi connectivity index (χ1v) is 8.84. The molecule has 1 heterocycles. The van der Waals surface area contributed by atoms with E-state index in [-0.39, 0.29) is 18.4 Å². The maximum atomic E-state index is 13.4. The Hall–Kier alpha value is -1.60. The van der Waals surface area contributed by atoms with Crippen molar-refractivity contribution in [1.29, 1.82) is 0 Å². The van der Waals surface area contributed by atoms with E-state index in [1.807, 2.05) is 24.3 Å². The molecule has 25 heavy (non-hydrogen) atoms. The second-order valence-corrected chi connectivity index (χ2v) is 6.73. The molecule has 1 saturated heterocycles. The van der Waals surface area contributed by atoms with Gasteiger partial charge in [-0.3, -0.25) is 9.69 Å². The van der Waals surface area contributed by atoms with Gasteiger partial charge in [-0.25, -0.2) is 0 Å². The standard InChI is InChI=1S/C18H24F3N3O/c19-18(20,21)16(24-10-8-22-9-11-24)12-23-17(25)15-7-3-5-13-4-1-2-6-14(13)15/h1-2,4,6,15-16,22H,3,5,7-12H2,(H,23,25). The van der Waals surface area contributed by atoms with Crippen molar-refractivity contribution in [2.24, 2.45) is 0 Å². The number of fused-ring (bicyclic) bond motifs is 1. The Kier molecular flexibility index (Phi) is 5.64. The summed E-state index contributed by atoms with van der Waals surface area (Å²) in [5.41, 5.74) is 2.08. The predicted molar refractivity (Wildman–Crippen MR) is 89.4 cm³/mol. The zero-order valence-corrected chi connectivity index (χ0v) is 14.1. The van der Waals surface area contributed by atoms with Crippen LogP contribution in [0.25, 0.3) is 0 Å². The molecule has 0 saturated carbocycles. The minimum absolute atomic E-state index is 0.295. The van der Waals surface area contributed by atoms with Crippen molar-refractivity contribution in [3.8, 4) is 0 Å². The van der Waals surface area contributed by atoms with E-state index < -0.39 is 12.2 Å². The summed E-state index contributed by atoms with van der Waals surface area (Å²) >= 11 is 0. The summed E-state index contributed by atoms with van der Waals surface area (Å²) in [6.07, 6.45) is -1.86. The van der Waals surface area contributed by atoms with Crippen LogP contribution in [-0.4, -0.2) is 55.7 Å². The molecule has 1 fully saturated rings. The molecule has 1 aromatic carbocycles. The first-order valence-electron chi connectivity index (χ1n) is 8.84. The highest BCUT2D eigenvalue weighted by Gasteiger charge is 2.44. The molecular formula is C18H24F3N3O. The molecule has 1 amide bonds. The molecule has 138 valence electrons. The number of carbonyl (C=O) groups excluding carboxylic acids is 1. The van der Waals surface area contributed by atoms with Gasteiger partial charge in [-0.05, 0) is 30.4 Å². The van der Waals surface area contributed by atoms with Crippen molar-refractivity contribution < 1.29 is 18.0 Å². The Morgan fingerprint density at radius 2 is 2.00 bits per heavy atom. The summed E-state index contributed by atoms with van der Waals surface area (Å²) in [6, 6.07) is 6.09. The summed E-state index contributed by atoms with van der Waals surface area (Å²) in [5, 5.41) is 5.63. The van der Waals surface area contributed by atoms with Crippen LogP contribution in [0.15, 0.2) is 24.3 Å². The fraction of sp³-hybridized carbons (Fsp3) is 0.611. The fourth-order valence-corrected chi connectivity index (χ4v) is 3.79. The third kappa shape index (κ3) is 4.33. The van der Waals surface area contributed by atoms with Gasteiger partial charge in [0, 0.05) is 32.7 Å². The molecule has 2 aliphatic rings. The van der Waals surface area contributed by atoms with Gasteiger partial charge >= 0.3 is 6.18 Å². The van der Waals surface area contributed by atoms with Crippen LogP contribution in [-0.2, 0) is 11.2 Å². The predicted octanol–water partition coefficient (Wildman–Crippen LogP) is 2.06. The van der Waals surface area contributed by atoms with Gasteiger partial charge in [0.05, 0.1) is 5.92 Å². The van der Waals surface area contributed by atoms with Crippen LogP contribution in [0.3, 0.4) is 0 Å². The number of nitrogens with one attached hydrogen (secondary N) is 2. The lowest BCUT2D eigenvalue weighted by Gasteiger charge is -2.36. The third-order valence-corrected chi connectivity index (χ3v) is 5.13. The number of nitrogens with zero attached hydrogens (tertiary/aromatic N) is 1. The molecule has 1 aliphatic heterocycles. The summed E-state index contributed by atoms with van der Waals surface area (Å²) in [5.74, 6) is -0.640. The first-order chi connectivity index (χ1) is 12.0. The molecule has 3 rings (SSSR count). The number of hydrogen-bond acceptors (Lipinski definition) is 3. The minimum Gasteiger partial charge on any atom is -0.354 e. The molecular weight excluding hydrogens is 331 g/mol. The average molecular weight is 355 g/mol. The largest absolute Gasteiger partial charge is 0.405 e. The lowest BCUT2D eigenvalue weighted by atomic mass is 9.82. The molecule has 0 bridgehead atoms. The summed E-state index contributed by atoms with van der Waals surface area (Å²) in [4.78, 5) is 14.0. The van der Waals surface area contributed by atoms with Gasteiger partial charge in [-0.1, -0.05) is 24.3 Å². The van der Waals surface area contributed by atoms with E-state index in [2.05, 4.69) is 10.6 Å². The van der Waals surface area contributed by atoms with E-state index in [0.717, 1.165) is 24.0 Å². The normalized spacial score (nSPS) is 22.9. The molecule has 0 aromatic heterocycles. The van der Waals surface area contributed by atoms with Crippen molar-refractivity contribution in [2.45, 2.75) is 37.4 Å². The van der Waals surface area contributed by atoms with Crippen LogP contribution in [0.5, 0.6) is 0 Å².